The molecule has 0 atom stereocenters. The second-order valence-electron chi connectivity index (χ2n) is 2.64. The zero-order chi connectivity index (χ0) is 9.26. The van der Waals surface area contributed by atoms with Crippen molar-refractivity contribution in [2.24, 2.45) is 0 Å². The van der Waals surface area contributed by atoms with Crippen molar-refractivity contribution in [3.05, 3.63) is 35.2 Å². The topological polar surface area (TPSA) is 26.3 Å². The van der Waals surface area contributed by atoms with E-state index in [2.05, 4.69) is 4.74 Å². The number of carbonyl (C=O) groups is 1. The number of rotatable bonds is 1. The molecule has 14 heavy (non-hydrogen) atoms. The van der Waals surface area contributed by atoms with E-state index in [0.29, 0.717) is 5.56 Å². The smallest absolute Gasteiger partial charge is 0.339 e. The third-order valence-electron chi connectivity index (χ3n) is 1.89. The summed E-state index contributed by atoms with van der Waals surface area (Å²) >= 11 is 1.56. The quantitative estimate of drug-likeness (QED) is 0.701. The molecular weight excluding hydrogens is 220 g/mol. The Kier molecular flexibility index (Phi) is 3.49. The number of halogens is 1. The highest BCUT2D eigenvalue weighted by Gasteiger charge is 2.10. The van der Waals surface area contributed by atoms with E-state index in [1.54, 1.807) is 11.3 Å². The fourth-order valence-electron chi connectivity index (χ4n) is 1.25. The Morgan fingerprint density at radius 2 is 2.07 bits per heavy atom. The van der Waals surface area contributed by atoms with E-state index in [1.807, 2.05) is 29.6 Å². The van der Waals surface area contributed by atoms with Crippen molar-refractivity contribution in [1.29, 1.82) is 0 Å². The van der Waals surface area contributed by atoms with Crippen LogP contribution in [0.4, 0.5) is 0 Å². The van der Waals surface area contributed by atoms with Gasteiger partial charge in [0.25, 0.3) is 0 Å². The number of hydrogen-bond donors (Lipinski definition) is 0. The molecule has 2 rings (SSSR count). The van der Waals surface area contributed by atoms with E-state index in [0.717, 1.165) is 10.1 Å². The van der Waals surface area contributed by atoms with Crippen molar-refractivity contribution < 1.29 is 9.53 Å². The fraction of sp³-hybridized carbons (Fsp3) is 0.100. The van der Waals surface area contributed by atoms with Crippen molar-refractivity contribution in [2.75, 3.05) is 7.11 Å². The third kappa shape index (κ3) is 1.74. The van der Waals surface area contributed by atoms with E-state index in [4.69, 9.17) is 0 Å². The van der Waals surface area contributed by atoms with Gasteiger partial charge in [0.2, 0.25) is 0 Å². The largest absolute Gasteiger partial charge is 0.465 e. The van der Waals surface area contributed by atoms with Gasteiger partial charge in [-0.2, -0.15) is 0 Å². The summed E-state index contributed by atoms with van der Waals surface area (Å²) in [5, 5.41) is 2.80. The normalized spacial score (nSPS) is 9.50. The van der Waals surface area contributed by atoms with E-state index in [-0.39, 0.29) is 18.4 Å². The highest BCUT2D eigenvalue weighted by atomic mass is 35.5. The second-order valence-corrected chi connectivity index (χ2v) is 3.55. The van der Waals surface area contributed by atoms with Crippen molar-refractivity contribution in [1.82, 2.24) is 0 Å². The number of fused-ring (bicyclic) bond motifs is 1. The highest BCUT2D eigenvalue weighted by Crippen LogP contribution is 2.25. The number of benzene rings is 1. The molecule has 0 radical (unpaired) electrons. The summed E-state index contributed by atoms with van der Waals surface area (Å²) in [5.74, 6) is -0.266. The predicted octanol–water partition coefficient (Wildman–Crippen LogP) is 3.11. The van der Waals surface area contributed by atoms with Gasteiger partial charge < -0.3 is 4.74 Å². The molecule has 0 bridgehead atoms. The van der Waals surface area contributed by atoms with Crippen LogP contribution in [0.1, 0.15) is 10.4 Å². The Hall–Kier alpha value is -1.06. The maximum Gasteiger partial charge on any atom is 0.339 e. The Bertz CT molecular complexity index is 450. The van der Waals surface area contributed by atoms with Crippen molar-refractivity contribution >= 4 is 39.8 Å². The van der Waals surface area contributed by atoms with E-state index in [9.17, 15) is 4.79 Å². The first-order chi connectivity index (χ1) is 6.33. The van der Waals surface area contributed by atoms with Crippen LogP contribution in [-0.4, -0.2) is 13.1 Å². The maximum atomic E-state index is 11.3. The minimum atomic E-state index is -0.266. The van der Waals surface area contributed by atoms with Crippen LogP contribution < -0.4 is 0 Å². The average Bonchev–Trinajstić information content (AvgIpc) is 2.60. The lowest BCUT2D eigenvalue weighted by atomic mass is 10.2. The van der Waals surface area contributed by atoms with Crippen molar-refractivity contribution in [2.45, 2.75) is 0 Å². The molecule has 0 saturated heterocycles. The monoisotopic (exact) mass is 228 g/mol. The third-order valence-corrected chi connectivity index (χ3v) is 2.85. The number of methoxy groups -OCH3 is 1. The molecule has 74 valence electrons. The lowest BCUT2D eigenvalue weighted by Gasteiger charge is -1.95. The van der Waals surface area contributed by atoms with E-state index >= 15 is 0 Å². The van der Waals surface area contributed by atoms with Crippen molar-refractivity contribution in [3.8, 4) is 0 Å². The minimum Gasteiger partial charge on any atom is -0.465 e. The predicted molar refractivity (Wildman–Crippen MR) is 60.4 cm³/mol. The summed E-state index contributed by atoms with van der Waals surface area (Å²) in [5.41, 5.74) is 0.656. The molecule has 0 saturated carbocycles. The van der Waals surface area contributed by atoms with Crippen LogP contribution >= 0.6 is 23.7 Å². The lowest BCUT2D eigenvalue weighted by molar-refractivity contribution is 0.0603. The van der Waals surface area contributed by atoms with Gasteiger partial charge in [0.15, 0.2) is 0 Å². The summed E-state index contributed by atoms with van der Waals surface area (Å²) < 4.78 is 5.78. The van der Waals surface area contributed by atoms with Crippen molar-refractivity contribution in [3.63, 3.8) is 0 Å². The van der Waals surface area contributed by atoms with Crippen LogP contribution in [0.15, 0.2) is 29.6 Å². The van der Waals surface area contributed by atoms with Gasteiger partial charge >= 0.3 is 5.97 Å². The molecule has 0 spiro atoms. The number of carbonyl (C=O) groups excluding carboxylic acids is 1. The first-order valence-corrected chi connectivity index (χ1v) is 4.75. The second kappa shape index (κ2) is 4.44. The van der Waals surface area contributed by atoms with Crippen LogP contribution in [0.25, 0.3) is 10.1 Å². The van der Waals surface area contributed by atoms with Crippen LogP contribution in [0.2, 0.25) is 0 Å². The molecule has 0 N–H and O–H groups in total. The number of ether oxygens (including phenoxy) is 1. The summed E-state index contributed by atoms with van der Waals surface area (Å²) in [6, 6.07) is 7.80. The molecule has 4 heteroatoms. The van der Waals surface area contributed by atoms with Gasteiger partial charge in [-0.1, -0.05) is 18.2 Å². The Morgan fingerprint density at radius 1 is 1.36 bits per heavy atom. The van der Waals surface area contributed by atoms with Gasteiger partial charge in [-0.15, -0.1) is 23.7 Å². The molecule has 0 aliphatic rings. The molecule has 0 unspecified atom stereocenters. The highest BCUT2D eigenvalue weighted by molar-refractivity contribution is 7.17. The zero-order valence-electron chi connectivity index (χ0n) is 7.52. The van der Waals surface area contributed by atoms with Gasteiger partial charge in [0.1, 0.15) is 0 Å². The molecule has 0 fully saturated rings. The van der Waals surface area contributed by atoms with E-state index in [1.165, 1.54) is 7.11 Å². The summed E-state index contributed by atoms with van der Waals surface area (Å²) in [7, 11) is 1.40. The van der Waals surface area contributed by atoms with Gasteiger partial charge in [-0.25, -0.2) is 4.79 Å². The zero-order valence-corrected chi connectivity index (χ0v) is 9.15. The van der Waals surface area contributed by atoms with Crippen LogP contribution in [0.5, 0.6) is 0 Å². The SMILES string of the molecule is COC(=O)c1csc2ccccc12.Cl. The van der Waals surface area contributed by atoms with E-state index < -0.39 is 0 Å². The number of hydrogen-bond acceptors (Lipinski definition) is 3. The summed E-state index contributed by atoms with van der Waals surface area (Å²) in [4.78, 5) is 11.3. The lowest BCUT2D eigenvalue weighted by Crippen LogP contribution is -1.98. The molecule has 0 aliphatic carbocycles. The summed E-state index contributed by atoms with van der Waals surface area (Å²) in [6.45, 7) is 0. The standard InChI is InChI=1S/C10H8O2S.ClH/c1-12-10(11)8-6-13-9-5-3-2-4-7(8)9;/h2-6H,1H3;1H. The van der Waals surface area contributed by atoms with Crippen LogP contribution in [-0.2, 0) is 4.74 Å². The molecule has 2 aromatic rings. The maximum absolute atomic E-state index is 11.3. The van der Waals surface area contributed by atoms with Gasteiger partial charge in [-0.05, 0) is 6.07 Å². The Morgan fingerprint density at radius 3 is 2.79 bits per heavy atom. The molecule has 0 aliphatic heterocycles. The molecular formula is C10H9ClO2S. The van der Waals surface area contributed by atoms with Crippen LogP contribution in [0.3, 0.4) is 0 Å². The molecule has 1 aromatic heterocycles. The van der Waals surface area contributed by atoms with Gasteiger partial charge in [0, 0.05) is 15.5 Å². The number of thiophene rings is 1. The van der Waals surface area contributed by atoms with Gasteiger partial charge in [-0.3, -0.25) is 0 Å². The fourth-order valence-corrected chi connectivity index (χ4v) is 2.18. The van der Waals surface area contributed by atoms with Crippen LogP contribution in [0, 0.1) is 0 Å². The average molecular weight is 229 g/mol. The Balaban J connectivity index is 0.000000980. The number of esters is 1. The minimum absolute atomic E-state index is 0. The first kappa shape index (κ1) is 11.0. The molecule has 1 heterocycles. The van der Waals surface area contributed by atoms with Gasteiger partial charge in [0.05, 0.1) is 12.7 Å². The Labute approximate surface area is 91.9 Å². The first-order valence-electron chi connectivity index (χ1n) is 3.87. The summed E-state index contributed by atoms with van der Waals surface area (Å²) in [6.07, 6.45) is 0. The molecule has 0 amide bonds. The molecule has 1 aromatic carbocycles. The molecule has 2 nitrogen and oxygen atoms in total.